The van der Waals surface area contributed by atoms with Gasteiger partial charge in [0.25, 0.3) is 0 Å². The van der Waals surface area contributed by atoms with Crippen LogP contribution in [0.25, 0.3) is 0 Å². The molecule has 0 amide bonds. The van der Waals surface area contributed by atoms with Crippen LogP contribution in [0.5, 0.6) is 0 Å². The molecular formula is C12H15N. The van der Waals surface area contributed by atoms with Gasteiger partial charge in [-0.25, -0.2) is 0 Å². The van der Waals surface area contributed by atoms with E-state index in [1.54, 1.807) is 0 Å². The van der Waals surface area contributed by atoms with Crippen molar-refractivity contribution in [3.8, 4) is 0 Å². The molecule has 1 saturated carbocycles. The van der Waals surface area contributed by atoms with Crippen molar-refractivity contribution in [3.63, 3.8) is 0 Å². The molecule has 0 aromatic heterocycles. The fraction of sp³-hybridized carbons (Fsp3) is 0.500. The zero-order valence-electron chi connectivity index (χ0n) is 7.74. The first-order chi connectivity index (χ1) is 6.43. The number of piperidine rings is 1. The topological polar surface area (TPSA) is 12.0 Å². The van der Waals surface area contributed by atoms with E-state index in [9.17, 15) is 0 Å². The molecule has 0 spiro atoms. The molecule has 1 aromatic rings. The number of hydrogen-bond donors (Lipinski definition) is 1. The SMILES string of the molecule is c1ccc(C2NC3CCC2C3)cc1. The molecule has 1 aliphatic heterocycles. The fourth-order valence-corrected chi connectivity index (χ4v) is 2.89. The molecule has 1 heteroatoms. The molecule has 3 atom stereocenters. The first-order valence-electron chi connectivity index (χ1n) is 5.24. The zero-order chi connectivity index (χ0) is 8.67. The van der Waals surface area contributed by atoms with Gasteiger partial charge in [-0.3, -0.25) is 0 Å². The van der Waals surface area contributed by atoms with Crippen molar-refractivity contribution in [1.29, 1.82) is 0 Å². The Balaban J connectivity index is 1.87. The van der Waals surface area contributed by atoms with Crippen molar-refractivity contribution in [2.75, 3.05) is 0 Å². The van der Waals surface area contributed by atoms with Crippen LogP contribution >= 0.6 is 0 Å². The summed E-state index contributed by atoms with van der Waals surface area (Å²) < 4.78 is 0. The Morgan fingerprint density at radius 1 is 1.08 bits per heavy atom. The molecule has 0 radical (unpaired) electrons. The van der Waals surface area contributed by atoms with Crippen LogP contribution in [0.4, 0.5) is 0 Å². The van der Waals surface area contributed by atoms with E-state index in [4.69, 9.17) is 0 Å². The molecule has 2 bridgehead atoms. The Morgan fingerprint density at radius 2 is 1.92 bits per heavy atom. The van der Waals surface area contributed by atoms with Gasteiger partial charge in [0.05, 0.1) is 0 Å². The second-order valence-corrected chi connectivity index (χ2v) is 4.33. The van der Waals surface area contributed by atoms with Gasteiger partial charge in [0, 0.05) is 12.1 Å². The van der Waals surface area contributed by atoms with Crippen LogP contribution in [0, 0.1) is 5.92 Å². The van der Waals surface area contributed by atoms with Gasteiger partial charge in [-0.2, -0.15) is 0 Å². The van der Waals surface area contributed by atoms with Gasteiger partial charge >= 0.3 is 0 Å². The smallest absolute Gasteiger partial charge is 0.0351 e. The maximum atomic E-state index is 3.71. The van der Waals surface area contributed by atoms with Crippen LogP contribution in [-0.4, -0.2) is 6.04 Å². The molecule has 1 saturated heterocycles. The summed E-state index contributed by atoms with van der Waals surface area (Å²) in [6, 6.07) is 12.3. The maximum absolute atomic E-state index is 3.71. The lowest BCUT2D eigenvalue weighted by atomic mass is 9.93. The molecule has 3 rings (SSSR count). The molecule has 1 aliphatic carbocycles. The van der Waals surface area contributed by atoms with Crippen LogP contribution in [0.1, 0.15) is 30.9 Å². The Labute approximate surface area is 79.2 Å². The van der Waals surface area contributed by atoms with Crippen molar-refractivity contribution in [3.05, 3.63) is 35.9 Å². The molecule has 13 heavy (non-hydrogen) atoms. The third-order valence-corrected chi connectivity index (χ3v) is 3.52. The van der Waals surface area contributed by atoms with Crippen molar-refractivity contribution in [2.24, 2.45) is 5.92 Å². The highest BCUT2D eigenvalue weighted by atomic mass is 15.0. The summed E-state index contributed by atoms with van der Waals surface area (Å²) in [5.74, 6) is 0.910. The minimum absolute atomic E-state index is 0.653. The van der Waals surface area contributed by atoms with E-state index < -0.39 is 0 Å². The van der Waals surface area contributed by atoms with Crippen LogP contribution in [-0.2, 0) is 0 Å². The normalized spacial score (nSPS) is 36.8. The van der Waals surface area contributed by atoms with E-state index in [2.05, 4.69) is 35.6 Å². The van der Waals surface area contributed by atoms with E-state index >= 15 is 0 Å². The van der Waals surface area contributed by atoms with E-state index in [-0.39, 0.29) is 0 Å². The highest BCUT2D eigenvalue weighted by molar-refractivity contribution is 5.22. The van der Waals surface area contributed by atoms with Gasteiger partial charge in [-0.1, -0.05) is 30.3 Å². The zero-order valence-corrected chi connectivity index (χ0v) is 7.74. The van der Waals surface area contributed by atoms with Crippen molar-refractivity contribution in [1.82, 2.24) is 5.32 Å². The number of nitrogens with one attached hydrogen (secondary N) is 1. The van der Waals surface area contributed by atoms with E-state index in [0.717, 1.165) is 12.0 Å². The van der Waals surface area contributed by atoms with Crippen LogP contribution in [0.3, 0.4) is 0 Å². The van der Waals surface area contributed by atoms with Gasteiger partial charge < -0.3 is 5.32 Å². The molecule has 1 aromatic carbocycles. The molecule has 1 nitrogen and oxygen atoms in total. The largest absolute Gasteiger partial charge is 0.307 e. The Hall–Kier alpha value is -0.820. The first kappa shape index (κ1) is 7.57. The summed E-state index contributed by atoms with van der Waals surface area (Å²) >= 11 is 0. The van der Waals surface area contributed by atoms with Gasteiger partial charge in [-0.15, -0.1) is 0 Å². The maximum Gasteiger partial charge on any atom is 0.0351 e. The summed E-state index contributed by atoms with van der Waals surface area (Å²) in [5, 5.41) is 3.71. The molecule has 3 unspecified atom stereocenters. The van der Waals surface area contributed by atoms with E-state index in [1.165, 1.54) is 24.8 Å². The third-order valence-electron chi connectivity index (χ3n) is 3.52. The number of fused-ring (bicyclic) bond motifs is 2. The van der Waals surface area contributed by atoms with Gasteiger partial charge in [0.2, 0.25) is 0 Å². The quantitative estimate of drug-likeness (QED) is 0.688. The standard InChI is InChI=1S/C12H15N/c1-2-4-9(5-3-1)12-10-6-7-11(8-10)13-12/h1-5,10-13H,6-8H2. The molecule has 1 N–H and O–H groups in total. The van der Waals surface area contributed by atoms with Crippen LogP contribution in [0.15, 0.2) is 30.3 Å². The summed E-state index contributed by atoms with van der Waals surface area (Å²) in [7, 11) is 0. The molecule has 2 fully saturated rings. The van der Waals surface area contributed by atoms with Crippen molar-refractivity contribution in [2.45, 2.75) is 31.3 Å². The second-order valence-electron chi connectivity index (χ2n) is 4.33. The van der Waals surface area contributed by atoms with Gasteiger partial charge in [0.15, 0.2) is 0 Å². The lowest BCUT2D eigenvalue weighted by Crippen LogP contribution is -2.28. The van der Waals surface area contributed by atoms with Crippen molar-refractivity contribution < 1.29 is 0 Å². The Morgan fingerprint density at radius 3 is 2.54 bits per heavy atom. The predicted molar refractivity (Wildman–Crippen MR) is 53.4 cm³/mol. The predicted octanol–water partition coefficient (Wildman–Crippen LogP) is 2.50. The number of rotatable bonds is 1. The van der Waals surface area contributed by atoms with Gasteiger partial charge in [0.1, 0.15) is 0 Å². The summed E-state index contributed by atoms with van der Waals surface area (Å²) in [6.45, 7) is 0. The fourth-order valence-electron chi connectivity index (χ4n) is 2.89. The van der Waals surface area contributed by atoms with Crippen LogP contribution < -0.4 is 5.32 Å². The highest BCUT2D eigenvalue weighted by Gasteiger charge is 2.39. The monoisotopic (exact) mass is 173 g/mol. The summed E-state index contributed by atoms with van der Waals surface area (Å²) in [6.07, 6.45) is 4.23. The molecule has 1 heterocycles. The number of benzene rings is 1. The van der Waals surface area contributed by atoms with E-state index in [1.807, 2.05) is 0 Å². The summed E-state index contributed by atoms with van der Waals surface area (Å²) in [4.78, 5) is 0. The molecule has 2 aliphatic rings. The van der Waals surface area contributed by atoms with Crippen molar-refractivity contribution >= 4 is 0 Å². The Kier molecular flexibility index (Phi) is 1.66. The number of hydrogen-bond acceptors (Lipinski definition) is 1. The molecule has 68 valence electrons. The second kappa shape index (κ2) is 2.85. The average molecular weight is 173 g/mol. The third kappa shape index (κ3) is 1.19. The lowest BCUT2D eigenvalue weighted by Gasteiger charge is -2.23. The van der Waals surface area contributed by atoms with Crippen LogP contribution in [0.2, 0.25) is 0 Å². The minimum atomic E-state index is 0.653. The van der Waals surface area contributed by atoms with E-state index in [0.29, 0.717) is 6.04 Å². The Bertz CT molecular complexity index is 293. The highest BCUT2D eigenvalue weighted by Crippen LogP contribution is 2.42. The summed E-state index contributed by atoms with van der Waals surface area (Å²) in [5.41, 5.74) is 1.48. The minimum Gasteiger partial charge on any atom is -0.307 e. The first-order valence-corrected chi connectivity index (χ1v) is 5.24. The average Bonchev–Trinajstić information content (AvgIpc) is 2.80. The van der Waals surface area contributed by atoms with Gasteiger partial charge in [-0.05, 0) is 30.7 Å². The molecular weight excluding hydrogens is 158 g/mol. The lowest BCUT2D eigenvalue weighted by molar-refractivity contribution is 0.392.